The van der Waals surface area contributed by atoms with Crippen LogP contribution in [-0.4, -0.2) is 61.7 Å². The first-order valence-corrected chi connectivity index (χ1v) is 10.1. The quantitative estimate of drug-likeness (QED) is 0.327. The van der Waals surface area contributed by atoms with Crippen LogP contribution in [0.5, 0.6) is 11.5 Å². The number of anilines is 1. The van der Waals surface area contributed by atoms with E-state index in [1.807, 2.05) is 49.1 Å². The lowest BCUT2D eigenvalue weighted by Gasteiger charge is -2.34. The monoisotopic (exact) mass is 528 g/mol. The summed E-state index contributed by atoms with van der Waals surface area (Å²) in [6.07, 6.45) is 6.25. The predicted octanol–water partition coefficient (Wildman–Crippen LogP) is 2.65. The van der Waals surface area contributed by atoms with E-state index in [-0.39, 0.29) is 30.1 Å². The Morgan fingerprint density at radius 1 is 1.30 bits per heavy atom. The van der Waals surface area contributed by atoms with E-state index in [9.17, 15) is 0 Å². The minimum absolute atomic E-state index is 0. The topological polar surface area (TPSA) is 75.9 Å². The van der Waals surface area contributed by atoms with Gasteiger partial charge < -0.3 is 25.0 Å². The van der Waals surface area contributed by atoms with Crippen LogP contribution in [0.2, 0.25) is 0 Å². The Morgan fingerprint density at radius 3 is 2.67 bits per heavy atom. The van der Waals surface area contributed by atoms with Crippen molar-refractivity contribution in [2.24, 2.45) is 12.0 Å². The molecule has 2 atom stereocenters. The molecule has 0 bridgehead atoms. The highest BCUT2D eigenvalue weighted by molar-refractivity contribution is 14.0. The minimum atomic E-state index is 0. The average Bonchev–Trinajstić information content (AvgIpc) is 3.18. The van der Waals surface area contributed by atoms with Crippen LogP contribution in [0.15, 0.2) is 41.7 Å². The van der Waals surface area contributed by atoms with E-state index in [0.717, 1.165) is 43.4 Å². The van der Waals surface area contributed by atoms with E-state index >= 15 is 0 Å². The summed E-state index contributed by atoms with van der Waals surface area (Å²) < 4.78 is 13.0. The van der Waals surface area contributed by atoms with E-state index in [2.05, 4.69) is 31.8 Å². The molecule has 1 fully saturated rings. The van der Waals surface area contributed by atoms with E-state index < -0.39 is 0 Å². The maximum Gasteiger partial charge on any atom is 0.191 e. The summed E-state index contributed by atoms with van der Waals surface area (Å²) in [6.45, 7) is 4.69. The molecule has 2 unspecified atom stereocenters. The van der Waals surface area contributed by atoms with Gasteiger partial charge >= 0.3 is 0 Å². The summed E-state index contributed by atoms with van der Waals surface area (Å²) in [5, 5.41) is 11.2. The Bertz CT molecular complexity index is 795. The smallest absolute Gasteiger partial charge is 0.191 e. The van der Waals surface area contributed by atoms with Crippen LogP contribution < -0.4 is 25.0 Å². The van der Waals surface area contributed by atoms with Crippen molar-refractivity contribution in [3.05, 3.63) is 36.7 Å². The number of benzene rings is 1. The van der Waals surface area contributed by atoms with Crippen molar-refractivity contribution in [3.63, 3.8) is 0 Å². The molecule has 0 spiro atoms. The lowest BCUT2D eigenvalue weighted by atomic mass is 10.1. The highest BCUT2D eigenvalue weighted by Gasteiger charge is 2.22. The van der Waals surface area contributed by atoms with Crippen LogP contribution in [0, 0.1) is 0 Å². The molecule has 2 N–H and O–H groups in total. The zero-order chi connectivity index (χ0) is 20.6. The zero-order valence-corrected chi connectivity index (χ0v) is 20.5. The lowest BCUT2D eigenvalue weighted by molar-refractivity contribution is 0.223. The van der Waals surface area contributed by atoms with Crippen molar-refractivity contribution in [1.29, 1.82) is 0 Å². The molecule has 1 aliphatic rings. The highest BCUT2D eigenvalue weighted by atomic mass is 127. The third-order valence-corrected chi connectivity index (χ3v) is 5.00. The summed E-state index contributed by atoms with van der Waals surface area (Å²) in [6, 6.07) is 7.96. The summed E-state index contributed by atoms with van der Waals surface area (Å²) in [5.74, 6) is 2.44. The van der Waals surface area contributed by atoms with Crippen LogP contribution in [0.4, 0.5) is 5.69 Å². The highest BCUT2D eigenvalue weighted by Crippen LogP contribution is 2.19. The molecule has 0 amide bonds. The Balaban J connectivity index is 0.00000320. The normalized spacial score (nSPS) is 17.7. The summed E-state index contributed by atoms with van der Waals surface area (Å²) >= 11 is 0. The number of hydrogen-bond acceptors (Lipinski definition) is 5. The fourth-order valence-electron chi connectivity index (χ4n) is 3.46. The summed E-state index contributed by atoms with van der Waals surface area (Å²) in [5.41, 5.74) is 1.17. The number of halogens is 1. The van der Waals surface area contributed by atoms with Crippen LogP contribution in [0.25, 0.3) is 0 Å². The molecule has 1 aromatic heterocycles. The number of methoxy groups -OCH3 is 1. The summed E-state index contributed by atoms with van der Waals surface area (Å²) in [4.78, 5) is 6.74. The Hall–Kier alpha value is -2.17. The molecular weight excluding hydrogens is 495 g/mol. The molecule has 3 rings (SSSR count). The Kier molecular flexibility index (Phi) is 9.54. The zero-order valence-electron chi connectivity index (χ0n) is 18.2. The number of nitrogens with zero attached hydrogens (tertiary/aromatic N) is 4. The number of rotatable bonds is 7. The van der Waals surface area contributed by atoms with E-state index in [4.69, 9.17) is 9.47 Å². The van der Waals surface area contributed by atoms with Gasteiger partial charge in [0.2, 0.25) is 0 Å². The first-order chi connectivity index (χ1) is 14.1. The van der Waals surface area contributed by atoms with Gasteiger partial charge in [-0.25, -0.2) is 0 Å². The van der Waals surface area contributed by atoms with Crippen molar-refractivity contribution < 1.29 is 9.47 Å². The van der Waals surface area contributed by atoms with Gasteiger partial charge in [-0.3, -0.25) is 9.67 Å². The van der Waals surface area contributed by atoms with Gasteiger partial charge in [0.25, 0.3) is 0 Å². The number of aromatic nitrogens is 2. The molecule has 0 radical (unpaired) electrons. The first-order valence-electron chi connectivity index (χ1n) is 10.1. The largest absolute Gasteiger partial charge is 0.497 e. The molecule has 1 aromatic carbocycles. The molecule has 9 heteroatoms. The van der Waals surface area contributed by atoms with Gasteiger partial charge in [-0.05, 0) is 44.0 Å². The molecule has 166 valence electrons. The number of nitrogens with one attached hydrogen (secondary N) is 2. The molecule has 2 heterocycles. The SMILES string of the molecule is CN=C(NCC(C)Oc1ccc(OC)cc1)NC1CCCN(c2cnn(C)c2)C1.I. The van der Waals surface area contributed by atoms with Crippen LogP contribution in [0.1, 0.15) is 19.8 Å². The first kappa shape index (κ1) is 24.1. The van der Waals surface area contributed by atoms with Crippen molar-refractivity contribution in [3.8, 4) is 11.5 Å². The number of ether oxygens (including phenoxy) is 2. The van der Waals surface area contributed by atoms with Crippen molar-refractivity contribution >= 4 is 35.6 Å². The van der Waals surface area contributed by atoms with Gasteiger partial charge in [0.15, 0.2) is 5.96 Å². The van der Waals surface area contributed by atoms with E-state index in [0.29, 0.717) is 12.6 Å². The fraction of sp³-hybridized carbons (Fsp3) is 0.524. The van der Waals surface area contributed by atoms with E-state index in [1.54, 1.807) is 14.2 Å². The number of guanidine groups is 1. The lowest BCUT2D eigenvalue weighted by Crippen LogP contribution is -2.52. The second-order valence-corrected chi connectivity index (χ2v) is 7.36. The predicted molar refractivity (Wildman–Crippen MR) is 131 cm³/mol. The average molecular weight is 528 g/mol. The maximum atomic E-state index is 5.96. The standard InChI is InChI=1S/C21H32N6O2.HI/c1-16(29-20-9-7-19(28-4)8-10-20)12-23-21(22-2)25-17-6-5-11-27(14-17)18-13-24-26(3)15-18;/h7-10,13,15-17H,5-6,11-12,14H2,1-4H3,(H2,22,23,25);1H. The van der Waals surface area contributed by atoms with Gasteiger partial charge in [-0.15, -0.1) is 24.0 Å². The van der Waals surface area contributed by atoms with Crippen molar-refractivity contribution in [1.82, 2.24) is 20.4 Å². The molecule has 0 saturated carbocycles. The molecule has 2 aromatic rings. The third kappa shape index (κ3) is 6.96. The van der Waals surface area contributed by atoms with Crippen LogP contribution in [-0.2, 0) is 7.05 Å². The molecule has 30 heavy (non-hydrogen) atoms. The molecular formula is C21H33IN6O2. The van der Waals surface area contributed by atoms with Crippen molar-refractivity contribution in [2.75, 3.05) is 38.7 Å². The Labute approximate surface area is 196 Å². The van der Waals surface area contributed by atoms with Crippen LogP contribution in [0.3, 0.4) is 0 Å². The number of aryl methyl sites for hydroxylation is 1. The van der Waals surface area contributed by atoms with Crippen LogP contribution >= 0.6 is 24.0 Å². The van der Waals surface area contributed by atoms with E-state index in [1.165, 1.54) is 5.69 Å². The van der Waals surface area contributed by atoms with Gasteiger partial charge in [-0.2, -0.15) is 5.10 Å². The third-order valence-electron chi connectivity index (χ3n) is 5.00. The Morgan fingerprint density at radius 2 is 2.03 bits per heavy atom. The molecule has 1 saturated heterocycles. The number of piperidine rings is 1. The van der Waals surface area contributed by atoms with Gasteiger partial charge in [-0.1, -0.05) is 0 Å². The molecule has 8 nitrogen and oxygen atoms in total. The maximum absolute atomic E-state index is 5.96. The number of hydrogen-bond donors (Lipinski definition) is 2. The van der Waals surface area contributed by atoms with Gasteiger partial charge in [0.05, 0.1) is 25.5 Å². The van der Waals surface area contributed by atoms with Crippen molar-refractivity contribution in [2.45, 2.75) is 31.9 Å². The number of aliphatic imine (C=N–C) groups is 1. The fourth-order valence-corrected chi connectivity index (χ4v) is 3.46. The second-order valence-electron chi connectivity index (χ2n) is 7.36. The van der Waals surface area contributed by atoms with Gasteiger partial charge in [0.1, 0.15) is 17.6 Å². The molecule has 1 aliphatic heterocycles. The van der Waals surface area contributed by atoms with Gasteiger partial charge in [0, 0.05) is 39.4 Å². The minimum Gasteiger partial charge on any atom is -0.497 e. The molecule has 0 aliphatic carbocycles. The second kappa shape index (κ2) is 11.9. The summed E-state index contributed by atoms with van der Waals surface area (Å²) in [7, 11) is 5.40.